The van der Waals surface area contributed by atoms with Crippen LogP contribution in [0.15, 0.2) is 27.4 Å². The van der Waals surface area contributed by atoms with Crippen molar-refractivity contribution in [3.63, 3.8) is 0 Å². The molecule has 2 aliphatic rings. The number of piperazine rings is 1. The summed E-state index contributed by atoms with van der Waals surface area (Å²) in [5.41, 5.74) is -0.105. The SMILES string of the molecule is COC(=O)CC(c1cc(OC)c2c(c1)OCO2)c1oc(CN2CCN(C=O)CC2)cc(=O)c1O. The van der Waals surface area contributed by atoms with Crippen molar-refractivity contribution in [3.05, 3.63) is 45.5 Å². The minimum Gasteiger partial charge on any atom is -0.502 e. The highest BCUT2D eigenvalue weighted by atomic mass is 16.7. The van der Waals surface area contributed by atoms with Gasteiger partial charge in [0, 0.05) is 32.2 Å². The van der Waals surface area contributed by atoms with Crippen LogP contribution in [-0.2, 0) is 20.9 Å². The summed E-state index contributed by atoms with van der Waals surface area (Å²) in [6, 6.07) is 4.54. The smallest absolute Gasteiger partial charge is 0.306 e. The first-order valence-corrected chi connectivity index (χ1v) is 10.8. The number of rotatable bonds is 8. The van der Waals surface area contributed by atoms with Crippen molar-refractivity contribution in [2.75, 3.05) is 47.2 Å². The lowest BCUT2D eigenvalue weighted by atomic mass is 9.91. The summed E-state index contributed by atoms with van der Waals surface area (Å²) < 4.78 is 27.2. The van der Waals surface area contributed by atoms with E-state index in [-0.39, 0.29) is 19.0 Å². The predicted octanol–water partition coefficient (Wildman–Crippen LogP) is 1.05. The zero-order chi connectivity index (χ0) is 24.2. The van der Waals surface area contributed by atoms with Gasteiger partial charge >= 0.3 is 5.97 Å². The van der Waals surface area contributed by atoms with Gasteiger partial charge < -0.3 is 33.4 Å². The summed E-state index contributed by atoms with van der Waals surface area (Å²) in [4.78, 5) is 39.6. The lowest BCUT2D eigenvalue weighted by Gasteiger charge is -2.32. The number of esters is 1. The van der Waals surface area contributed by atoms with Crippen LogP contribution in [0.5, 0.6) is 23.0 Å². The second-order valence-electron chi connectivity index (χ2n) is 8.00. The zero-order valence-corrected chi connectivity index (χ0v) is 18.9. The lowest BCUT2D eigenvalue weighted by Crippen LogP contribution is -2.45. The number of aromatic hydroxyl groups is 1. The highest BCUT2D eigenvalue weighted by molar-refractivity contribution is 5.71. The number of carbonyl (C=O) groups excluding carboxylic acids is 2. The summed E-state index contributed by atoms with van der Waals surface area (Å²) in [6.07, 6.45) is 0.616. The fourth-order valence-corrected chi connectivity index (χ4v) is 4.08. The van der Waals surface area contributed by atoms with Crippen molar-refractivity contribution in [1.82, 2.24) is 9.80 Å². The first kappa shape index (κ1) is 23.4. The fourth-order valence-electron chi connectivity index (χ4n) is 4.08. The molecule has 0 radical (unpaired) electrons. The maximum absolute atomic E-state index is 12.6. The van der Waals surface area contributed by atoms with Gasteiger partial charge in [-0.05, 0) is 17.7 Å². The van der Waals surface area contributed by atoms with Crippen LogP contribution in [0.1, 0.15) is 29.4 Å². The van der Waals surface area contributed by atoms with E-state index in [4.69, 9.17) is 23.4 Å². The molecule has 11 nitrogen and oxygen atoms in total. The molecule has 1 atom stereocenters. The average Bonchev–Trinajstić information content (AvgIpc) is 3.33. The number of nitrogens with zero attached hydrogens (tertiary/aromatic N) is 2. The molecule has 1 aromatic heterocycles. The lowest BCUT2D eigenvalue weighted by molar-refractivity contribution is -0.141. The molecule has 1 aromatic carbocycles. The molecular weight excluding hydrogens is 448 g/mol. The van der Waals surface area contributed by atoms with Crippen LogP contribution < -0.4 is 19.6 Å². The van der Waals surface area contributed by atoms with E-state index in [0.29, 0.717) is 61.3 Å². The molecule has 11 heteroatoms. The van der Waals surface area contributed by atoms with E-state index in [1.54, 1.807) is 17.0 Å². The Balaban J connectivity index is 1.71. The number of hydrogen-bond donors (Lipinski definition) is 1. The number of amides is 1. The standard InChI is InChI=1S/C23H26N2O9/c1-30-18-7-14(8-19-23(18)33-13-32-19)16(10-20(28)31-2)22-21(29)17(27)9-15(34-22)11-24-3-5-25(12-26)6-4-24/h7-9,12,16,29H,3-6,10-11,13H2,1-2H3. The maximum Gasteiger partial charge on any atom is 0.306 e. The predicted molar refractivity (Wildman–Crippen MR) is 117 cm³/mol. The molecule has 1 saturated heterocycles. The van der Waals surface area contributed by atoms with Crippen LogP contribution in [0.3, 0.4) is 0 Å². The molecule has 1 amide bonds. The van der Waals surface area contributed by atoms with E-state index in [9.17, 15) is 19.5 Å². The summed E-state index contributed by atoms with van der Waals surface area (Å²) in [7, 11) is 2.73. The highest BCUT2D eigenvalue weighted by Crippen LogP contribution is 2.45. The molecule has 0 saturated carbocycles. The van der Waals surface area contributed by atoms with E-state index in [1.807, 2.05) is 4.90 Å². The van der Waals surface area contributed by atoms with Crippen LogP contribution >= 0.6 is 0 Å². The molecule has 2 aromatic rings. The fraction of sp³-hybridized carbons (Fsp3) is 0.435. The molecule has 1 fully saturated rings. The van der Waals surface area contributed by atoms with Crippen LogP contribution in [0, 0.1) is 0 Å². The Morgan fingerprint density at radius 1 is 1.18 bits per heavy atom. The normalized spacial score (nSPS) is 16.2. The molecule has 4 rings (SSSR count). The van der Waals surface area contributed by atoms with Crippen molar-refractivity contribution >= 4 is 12.4 Å². The van der Waals surface area contributed by atoms with Crippen molar-refractivity contribution < 1.29 is 38.1 Å². The molecule has 1 N–H and O–H groups in total. The number of benzene rings is 1. The van der Waals surface area contributed by atoms with Gasteiger partial charge in [0.15, 0.2) is 17.3 Å². The second kappa shape index (κ2) is 10.0. The topological polar surface area (TPSA) is 128 Å². The van der Waals surface area contributed by atoms with Gasteiger partial charge in [-0.2, -0.15) is 0 Å². The van der Waals surface area contributed by atoms with E-state index in [2.05, 4.69) is 0 Å². The quantitative estimate of drug-likeness (QED) is 0.438. The molecule has 0 bridgehead atoms. The first-order valence-electron chi connectivity index (χ1n) is 10.8. The molecule has 0 aliphatic carbocycles. The Labute approximate surface area is 195 Å². The van der Waals surface area contributed by atoms with Gasteiger partial charge in [-0.3, -0.25) is 19.3 Å². The third-order valence-electron chi connectivity index (χ3n) is 5.93. The summed E-state index contributed by atoms with van der Waals surface area (Å²) in [5, 5.41) is 10.6. The third kappa shape index (κ3) is 4.79. The van der Waals surface area contributed by atoms with Crippen molar-refractivity contribution in [1.29, 1.82) is 0 Å². The summed E-state index contributed by atoms with van der Waals surface area (Å²) in [6.45, 7) is 2.70. The van der Waals surface area contributed by atoms with Crippen LogP contribution in [0.4, 0.5) is 0 Å². The van der Waals surface area contributed by atoms with Gasteiger partial charge in [0.05, 0.1) is 33.1 Å². The van der Waals surface area contributed by atoms with Crippen LogP contribution in [0.25, 0.3) is 0 Å². The number of carbonyl (C=O) groups is 2. The number of fused-ring (bicyclic) bond motifs is 1. The van der Waals surface area contributed by atoms with E-state index in [1.165, 1.54) is 20.3 Å². The summed E-state index contributed by atoms with van der Waals surface area (Å²) in [5.74, 6) is -0.493. The monoisotopic (exact) mass is 474 g/mol. The van der Waals surface area contributed by atoms with Crippen molar-refractivity contribution in [2.45, 2.75) is 18.9 Å². The number of ether oxygens (including phenoxy) is 4. The van der Waals surface area contributed by atoms with Gasteiger partial charge in [0.25, 0.3) is 0 Å². The number of methoxy groups -OCH3 is 2. The minimum absolute atomic E-state index is 0.0179. The number of hydrogen-bond acceptors (Lipinski definition) is 10. The zero-order valence-electron chi connectivity index (χ0n) is 18.9. The Bertz CT molecular complexity index is 1120. The van der Waals surface area contributed by atoms with E-state index >= 15 is 0 Å². The maximum atomic E-state index is 12.6. The van der Waals surface area contributed by atoms with E-state index in [0.717, 1.165) is 6.41 Å². The highest BCUT2D eigenvalue weighted by Gasteiger charge is 2.30. The molecule has 34 heavy (non-hydrogen) atoms. The van der Waals surface area contributed by atoms with Crippen LogP contribution in [0.2, 0.25) is 0 Å². The van der Waals surface area contributed by atoms with Gasteiger partial charge in [0.2, 0.25) is 30.1 Å². The molecule has 0 spiro atoms. The van der Waals surface area contributed by atoms with Crippen LogP contribution in [-0.4, -0.2) is 74.5 Å². The Kier molecular flexibility index (Phi) is 6.92. The molecule has 3 heterocycles. The van der Waals surface area contributed by atoms with E-state index < -0.39 is 23.1 Å². The second-order valence-corrected chi connectivity index (χ2v) is 8.00. The van der Waals surface area contributed by atoms with Gasteiger partial charge in [-0.25, -0.2) is 0 Å². The Hall–Kier alpha value is -3.73. The van der Waals surface area contributed by atoms with Crippen molar-refractivity contribution in [3.8, 4) is 23.0 Å². The molecule has 182 valence electrons. The Morgan fingerprint density at radius 2 is 1.94 bits per heavy atom. The van der Waals surface area contributed by atoms with Gasteiger partial charge in [0.1, 0.15) is 5.76 Å². The third-order valence-corrected chi connectivity index (χ3v) is 5.93. The van der Waals surface area contributed by atoms with Gasteiger partial charge in [-0.15, -0.1) is 0 Å². The minimum atomic E-state index is -0.851. The Morgan fingerprint density at radius 3 is 2.62 bits per heavy atom. The first-order chi connectivity index (χ1) is 16.4. The average molecular weight is 474 g/mol. The van der Waals surface area contributed by atoms with Gasteiger partial charge in [-0.1, -0.05) is 0 Å². The molecular formula is C23H26N2O9. The van der Waals surface area contributed by atoms with Crippen molar-refractivity contribution in [2.24, 2.45) is 0 Å². The molecule has 1 unspecified atom stereocenters. The largest absolute Gasteiger partial charge is 0.502 e. The molecule has 2 aliphatic heterocycles. The summed E-state index contributed by atoms with van der Waals surface area (Å²) >= 11 is 0.